The van der Waals surface area contributed by atoms with Gasteiger partial charge in [0.05, 0.1) is 12.1 Å². The van der Waals surface area contributed by atoms with E-state index in [-0.39, 0.29) is 12.2 Å². The second kappa shape index (κ2) is 5.76. The third-order valence-electron chi connectivity index (χ3n) is 3.72. The first kappa shape index (κ1) is 14.7. The normalized spacial score (nSPS) is 17.8. The summed E-state index contributed by atoms with van der Waals surface area (Å²) in [6.07, 6.45) is 1.08. The maximum absolute atomic E-state index is 12.3. The number of rotatable bonds is 3. The number of aromatic amines is 1. The molecule has 0 aliphatic carbocycles. The van der Waals surface area contributed by atoms with Gasteiger partial charge < -0.3 is 20.1 Å². The fourth-order valence-electron chi connectivity index (χ4n) is 2.52. The number of amides is 1. The summed E-state index contributed by atoms with van der Waals surface area (Å²) >= 11 is 0. The zero-order valence-electron chi connectivity index (χ0n) is 11.8. The van der Waals surface area contributed by atoms with Gasteiger partial charge >= 0.3 is 0 Å². The molecule has 3 N–H and O–H groups in total. The number of hydrogen-bond donors (Lipinski definition) is 3. The van der Waals surface area contributed by atoms with Gasteiger partial charge in [-0.15, -0.1) is 0 Å². The molecule has 0 spiro atoms. The summed E-state index contributed by atoms with van der Waals surface area (Å²) in [4.78, 5) is 26.9. The average molecular weight is 280 g/mol. The van der Waals surface area contributed by atoms with Gasteiger partial charge in [0.25, 0.3) is 11.5 Å². The molecule has 1 aliphatic rings. The average Bonchev–Trinajstić information content (AvgIpc) is 2.38. The minimum atomic E-state index is -0.695. The van der Waals surface area contributed by atoms with Crippen molar-refractivity contribution < 1.29 is 14.6 Å². The fourth-order valence-corrected chi connectivity index (χ4v) is 2.52. The topological polar surface area (TPSA) is 91.4 Å². The van der Waals surface area contributed by atoms with Gasteiger partial charge in [0, 0.05) is 18.9 Å². The summed E-state index contributed by atoms with van der Waals surface area (Å²) < 4.78 is 5.25. The third kappa shape index (κ3) is 2.91. The van der Waals surface area contributed by atoms with E-state index in [0.29, 0.717) is 37.3 Å². The molecule has 0 radical (unpaired) electrons. The number of carbonyl (C=O) groups excluding carboxylic acids is 1. The van der Waals surface area contributed by atoms with Crippen LogP contribution in [0.3, 0.4) is 0 Å². The van der Waals surface area contributed by atoms with Crippen molar-refractivity contribution in [2.75, 3.05) is 19.8 Å². The van der Waals surface area contributed by atoms with Crippen LogP contribution in [0.4, 0.5) is 0 Å². The van der Waals surface area contributed by atoms with E-state index in [1.54, 1.807) is 19.9 Å². The standard InChI is InChI=1S/C14H20N2O4/c1-9-7-10(2)15-12(18)11(9)13(19)16-14(8-17)3-5-20-6-4-14/h7,17H,3-6,8H2,1-2H3,(H,15,18)(H,16,19). The Kier molecular flexibility index (Phi) is 4.25. The van der Waals surface area contributed by atoms with Crippen LogP contribution in [0.15, 0.2) is 10.9 Å². The van der Waals surface area contributed by atoms with Crippen molar-refractivity contribution >= 4 is 5.91 Å². The number of nitrogens with one attached hydrogen (secondary N) is 2. The molecule has 1 fully saturated rings. The van der Waals surface area contributed by atoms with E-state index in [1.165, 1.54) is 0 Å². The Morgan fingerprint density at radius 2 is 2.10 bits per heavy atom. The Morgan fingerprint density at radius 1 is 1.45 bits per heavy atom. The smallest absolute Gasteiger partial charge is 0.261 e. The summed E-state index contributed by atoms with van der Waals surface area (Å²) in [5.41, 5.74) is 0.352. The zero-order chi connectivity index (χ0) is 14.8. The second-order valence-electron chi connectivity index (χ2n) is 5.34. The molecule has 110 valence electrons. The number of H-pyrrole nitrogens is 1. The van der Waals surface area contributed by atoms with Crippen molar-refractivity contribution in [2.45, 2.75) is 32.2 Å². The van der Waals surface area contributed by atoms with Gasteiger partial charge in [0.15, 0.2) is 0 Å². The highest BCUT2D eigenvalue weighted by Gasteiger charge is 2.34. The first-order chi connectivity index (χ1) is 9.47. The molecule has 6 nitrogen and oxygen atoms in total. The Labute approximate surface area is 117 Å². The van der Waals surface area contributed by atoms with Crippen LogP contribution in [0.2, 0.25) is 0 Å². The fraction of sp³-hybridized carbons (Fsp3) is 0.571. The number of ether oxygens (including phenoxy) is 1. The first-order valence-electron chi connectivity index (χ1n) is 6.69. The SMILES string of the molecule is Cc1cc(C)c(C(=O)NC2(CO)CCOCC2)c(=O)[nH]1. The summed E-state index contributed by atoms with van der Waals surface area (Å²) in [7, 11) is 0. The van der Waals surface area contributed by atoms with E-state index in [1.807, 2.05) is 0 Å². The predicted molar refractivity (Wildman–Crippen MR) is 73.9 cm³/mol. The van der Waals surface area contributed by atoms with Crippen molar-refractivity contribution in [2.24, 2.45) is 0 Å². The Hall–Kier alpha value is -1.66. The molecule has 0 atom stereocenters. The van der Waals surface area contributed by atoms with E-state index in [0.717, 1.165) is 0 Å². The predicted octanol–water partition coefficient (Wildman–Crippen LogP) is 0.263. The lowest BCUT2D eigenvalue weighted by atomic mass is 9.90. The van der Waals surface area contributed by atoms with Crippen molar-refractivity contribution in [1.82, 2.24) is 10.3 Å². The quantitative estimate of drug-likeness (QED) is 0.741. The second-order valence-corrected chi connectivity index (χ2v) is 5.34. The van der Waals surface area contributed by atoms with Gasteiger partial charge in [-0.25, -0.2) is 0 Å². The van der Waals surface area contributed by atoms with Crippen molar-refractivity contribution in [3.05, 3.63) is 33.2 Å². The largest absolute Gasteiger partial charge is 0.394 e. The maximum Gasteiger partial charge on any atom is 0.261 e. The number of aryl methyl sites for hydroxylation is 2. The van der Waals surface area contributed by atoms with Crippen LogP contribution in [-0.4, -0.2) is 41.4 Å². The zero-order valence-corrected chi connectivity index (χ0v) is 11.8. The first-order valence-corrected chi connectivity index (χ1v) is 6.69. The molecule has 0 unspecified atom stereocenters. The minimum Gasteiger partial charge on any atom is -0.394 e. The van der Waals surface area contributed by atoms with Crippen LogP contribution in [-0.2, 0) is 4.74 Å². The van der Waals surface area contributed by atoms with E-state index < -0.39 is 17.0 Å². The van der Waals surface area contributed by atoms with Crippen molar-refractivity contribution in [3.8, 4) is 0 Å². The van der Waals surface area contributed by atoms with Crippen molar-refractivity contribution in [1.29, 1.82) is 0 Å². The molecular weight excluding hydrogens is 260 g/mol. The molecule has 1 aromatic heterocycles. The number of carbonyl (C=O) groups is 1. The van der Waals surface area contributed by atoms with Gasteiger partial charge in [0.1, 0.15) is 5.56 Å². The lowest BCUT2D eigenvalue weighted by Gasteiger charge is -2.36. The van der Waals surface area contributed by atoms with Gasteiger partial charge in [-0.1, -0.05) is 0 Å². The Bertz CT molecular complexity index is 559. The van der Waals surface area contributed by atoms with Crippen molar-refractivity contribution in [3.63, 3.8) is 0 Å². The van der Waals surface area contributed by atoms with Crippen LogP contribution in [0, 0.1) is 13.8 Å². The van der Waals surface area contributed by atoms with Gasteiger partial charge in [-0.2, -0.15) is 0 Å². The lowest BCUT2D eigenvalue weighted by molar-refractivity contribution is 0.0125. The Morgan fingerprint density at radius 3 is 2.65 bits per heavy atom. The highest BCUT2D eigenvalue weighted by Crippen LogP contribution is 2.20. The van der Waals surface area contributed by atoms with Gasteiger partial charge in [-0.3, -0.25) is 9.59 Å². The molecule has 1 amide bonds. The van der Waals surface area contributed by atoms with E-state index in [9.17, 15) is 14.7 Å². The highest BCUT2D eigenvalue weighted by molar-refractivity contribution is 5.95. The monoisotopic (exact) mass is 280 g/mol. The van der Waals surface area contributed by atoms with E-state index in [4.69, 9.17) is 4.74 Å². The highest BCUT2D eigenvalue weighted by atomic mass is 16.5. The molecule has 0 aromatic carbocycles. The molecule has 1 aromatic rings. The summed E-state index contributed by atoms with van der Waals surface area (Å²) in [5, 5.41) is 12.4. The van der Waals surface area contributed by atoms with E-state index in [2.05, 4.69) is 10.3 Å². The molecule has 2 heterocycles. The van der Waals surface area contributed by atoms with E-state index >= 15 is 0 Å². The lowest BCUT2D eigenvalue weighted by Crippen LogP contribution is -2.55. The molecule has 20 heavy (non-hydrogen) atoms. The molecule has 0 bridgehead atoms. The number of aliphatic hydroxyl groups excluding tert-OH is 1. The molecule has 2 rings (SSSR count). The molecule has 6 heteroatoms. The molecular formula is C14H20N2O4. The molecule has 1 saturated heterocycles. The number of aromatic nitrogens is 1. The van der Waals surface area contributed by atoms with Crippen LogP contribution in [0.1, 0.15) is 34.5 Å². The van der Waals surface area contributed by atoms with Gasteiger partial charge in [-0.05, 0) is 38.3 Å². The summed E-state index contributed by atoms with van der Waals surface area (Å²) in [6.45, 7) is 4.32. The molecule has 1 aliphatic heterocycles. The minimum absolute atomic E-state index is 0.106. The van der Waals surface area contributed by atoms with Crippen LogP contribution < -0.4 is 10.9 Å². The van der Waals surface area contributed by atoms with Crippen LogP contribution in [0.5, 0.6) is 0 Å². The van der Waals surface area contributed by atoms with Crippen LogP contribution in [0.25, 0.3) is 0 Å². The van der Waals surface area contributed by atoms with Gasteiger partial charge in [0.2, 0.25) is 0 Å². The maximum atomic E-state index is 12.3. The number of pyridine rings is 1. The third-order valence-corrected chi connectivity index (χ3v) is 3.72. The number of aliphatic hydroxyl groups is 1. The Balaban J connectivity index is 2.26. The molecule has 0 saturated carbocycles. The summed E-state index contributed by atoms with van der Waals surface area (Å²) in [6, 6.07) is 1.76. The number of hydrogen-bond acceptors (Lipinski definition) is 4. The summed E-state index contributed by atoms with van der Waals surface area (Å²) in [5.74, 6) is -0.445. The van der Waals surface area contributed by atoms with Crippen LogP contribution >= 0.6 is 0 Å².